The smallest absolute Gasteiger partial charge is 0.434 e. The maximum absolute atomic E-state index is 12.6. The molecule has 1 atom stereocenters. The molecular formula is C19H26F3N5OS. The molecule has 160 valence electrons. The maximum atomic E-state index is 12.6. The van der Waals surface area contributed by atoms with Crippen LogP contribution in [0.2, 0.25) is 0 Å². The molecule has 0 saturated carbocycles. The molecule has 2 aromatic rings. The van der Waals surface area contributed by atoms with Crippen molar-refractivity contribution >= 4 is 17.3 Å². The number of hydrogen-bond donors (Lipinski definition) is 2. The number of rotatable bonds is 8. The molecule has 10 heteroatoms. The average molecular weight is 430 g/mol. The van der Waals surface area contributed by atoms with Crippen LogP contribution in [-0.2, 0) is 12.6 Å². The Morgan fingerprint density at radius 2 is 2.00 bits per heavy atom. The van der Waals surface area contributed by atoms with Gasteiger partial charge in [-0.25, -0.2) is 4.98 Å². The minimum absolute atomic E-state index is 0.0398. The van der Waals surface area contributed by atoms with Gasteiger partial charge in [0.1, 0.15) is 5.75 Å². The summed E-state index contributed by atoms with van der Waals surface area (Å²) in [6, 6.07) is 7.86. The van der Waals surface area contributed by atoms with Crippen LogP contribution in [0.1, 0.15) is 22.3 Å². The Bertz CT molecular complexity index is 807. The Hall–Kier alpha value is -2.33. The van der Waals surface area contributed by atoms with Crippen molar-refractivity contribution in [2.75, 3.05) is 41.3 Å². The average Bonchev–Trinajstić information content (AvgIpc) is 3.16. The predicted molar refractivity (Wildman–Crippen MR) is 110 cm³/mol. The third-order valence-electron chi connectivity index (χ3n) is 4.28. The number of alkyl halides is 3. The monoisotopic (exact) mass is 429 g/mol. The van der Waals surface area contributed by atoms with Crippen LogP contribution in [0.4, 0.5) is 13.2 Å². The fraction of sp³-hybridized carbons (Fsp3) is 0.474. The van der Waals surface area contributed by atoms with Crippen molar-refractivity contribution in [3.8, 4) is 5.75 Å². The molecule has 0 spiro atoms. The quantitative estimate of drug-likeness (QED) is 0.499. The van der Waals surface area contributed by atoms with E-state index in [4.69, 9.17) is 4.74 Å². The number of halogens is 3. The van der Waals surface area contributed by atoms with Crippen molar-refractivity contribution in [1.82, 2.24) is 20.5 Å². The highest BCUT2D eigenvalue weighted by Gasteiger charge is 2.33. The molecule has 0 amide bonds. The molecule has 29 heavy (non-hydrogen) atoms. The number of para-hydroxylation sites is 1. The minimum atomic E-state index is -4.40. The molecule has 0 saturated heterocycles. The van der Waals surface area contributed by atoms with Crippen LogP contribution >= 0.6 is 11.3 Å². The molecule has 0 aliphatic rings. The van der Waals surface area contributed by atoms with Crippen LogP contribution < -0.4 is 15.4 Å². The van der Waals surface area contributed by atoms with Crippen molar-refractivity contribution in [2.24, 2.45) is 4.99 Å². The van der Waals surface area contributed by atoms with E-state index in [0.29, 0.717) is 30.5 Å². The second-order valence-electron chi connectivity index (χ2n) is 6.48. The van der Waals surface area contributed by atoms with Crippen LogP contribution in [0.15, 0.2) is 34.6 Å². The summed E-state index contributed by atoms with van der Waals surface area (Å²) in [5, 5.41) is 7.85. The van der Waals surface area contributed by atoms with E-state index in [1.807, 2.05) is 38.4 Å². The summed E-state index contributed by atoms with van der Waals surface area (Å²) in [7, 11) is 7.25. The second kappa shape index (κ2) is 10.4. The van der Waals surface area contributed by atoms with Gasteiger partial charge in [-0.1, -0.05) is 18.2 Å². The van der Waals surface area contributed by atoms with Gasteiger partial charge >= 0.3 is 6.18 Å². The zero-order valence-electron chi connectivity index (χ0n) is 16.9. The highest BCUT2D eigenvalue weighted by atomic mass is 32.1. The van der Waals surface area contributed by atoms with Gasteiger partial charge in [-0.3, -0.25) is 4.99 Å². The first-order chi connectivity index (χ1) is 13.8. The van der Waals surface area contributed by atoms with E-state index in [0.717, 1.165) is 28.0 Å². The first-order valence-electron chi connectivity index (χ1n) is 9.01. The predicted octanol–water partition coefficient (Wildman–Crippen LogP) is 3.18. The van der Waals surface area contributed by atoms with Gasteiger partial charge in [-0.15, -0.1) is 11.3 Å². The lowest BCUT2D eigenvalue weighted by molar-refractivity contribution is -0.140. The second-order valence-corrected chi connectivity index (χ2v) is 7.42. The summed E-state index contributed by atoms with van der Waals surface area (Å²) in [6.07, 6.45) is -4.02. The van der Waals surface area contributed by atoms with Crippen LogP contribution in [0.3, 0.4) is 0 Å². The van der Waals surface area contributed by atoms with Gasteiger partial charge in [0.2, 0.25) is 0 Å². The van der Waals surface area contributed by atoms with Crippen LogP contribution in [0.25, 0.3) is 0 Å². The molecule has 2 N–H and O–H groups in total. The Morgan fingerprint density at radius 1 is 1.28 bits per heavy atom. The van der Waals surface area contributed by atoms with Crippen LogP contribution in [-0.4, -0.2) is 57.2 Å². The number of likely N-dealkylation sites (N-methyl/N-ethyl adjacent to an activating group) is 1. The molecule has 0 aliphatic carbocycles. The van der Waals surface area contributed by atoms with E-state index in [-0.39, 0.29) is 6.04 Å². The lowest BCUT2D eigenvalue weighted by atomic mass is 10.0. The lowest BCUT2D eigenvalue weighted by Gasteiger charge is -2.27. The summed E-state index contributed by atoms with van der Waals surface area (Å²) in [5.74, 6) is 1.37. The standard InChI is InChI=1S/C19H26F3N5OS/c1-23-18(24-10-9-17-26-16(12-29-17)19(20,21)22)25-11-14(27(2)3)13-7-5-6-8-15(13)28-4/h5-8,12,14H,9-11H2,1-4H3,(H2,23,24,25). The van der Waals surface area contributed by atoms with E-state index in [1.54, 1.807) is 14.2 Å². The summed E-state index contributed by atoms with van der Waals surface area (Å²) >= 11 is 1.01. The lowest BCUT2D eigenvalue weighted by Crippen LogP contribution is -2.42. The van der Waals surface area contributed by atoms with Gasteiger partial charge in [0, 0.05) is 37.5 Å². The summed E-state index contributed by atoms with van der Waals surface area (Å²) in [6.45, 7) is 0.994. The number of methoxy groups -OCH3 is 1. The Balaban J connectivity index is 1.91. The molecular weight excluding hydrogens is 403 g/mol. The normalized spacial score (nSPS) is 13.4. The first-order valence-corrected chi connectivity index (χ1v) is 9.89. The van der Waals surface area contributed by atoms with Crippen molar-refractivity contribution < 1.29 is 17.9 Å². The number of guanidine groups is 1. The molecule has 2 rings (SSSR count). The molecule has 0 fully saturated rings. The first kappa shape index (κ1) is 23.0. The van der Waals surface area contributed by atoms with Crippen molar-refractivity contribution in [1.29, 1.82) is 0 Å². The number of hydrogen-bond acceptors (Lipinski definition) is 5. The molecule has 1 aromatic carbocycles. The summed E-state index contributed by atoms with van der Waals surface area (Å²) < 4.78 is 43.3. The molecule has 0 bridgehead atoms. The fourth-order valence-corrected chi connectivity index (χ4v) is 3.58. The summed E-state index contributed by atoms with van der Waals surface area (Å²) in [5.41, 5.74) is 0.205. The topological polar surface area (TPSA) is 61.8 Å². The fourth-order valence-electron chi connectivity index (χ4n) is 2.77. The van der Waals surface area contributed by atoms with E-state index in [1.165, 1.54) is 0 Å². The number of aliphatic imine (C=N–C) groups is 1. The van der Waals surface area contributed by atoms with E-state index in [2.05, 4.69) is 25.5 Å². The summed E-state index contributed by atoms with van der Waals surface area (Å²) in [4.78, 5) is 9.89. The Labute approximate surface area is 172 Å². The SMILES string of the molecule is CN=C(NCCc1nc(C(F)(F)F)cs1)NCC(c1ccccc1OC)N(C)C. The van der Waals surface area contributed by atoms with Crippen molar-refractivity contribution in [3.63, 3.8) is 0 Å². The molecule has 6 nitrogen and oxygen atoms in total. The number of benzene rings is 1. The maximum Gasteiger partial charge on any atom is 0.434 e. The van der Waals surface area contributed by atoms with Gasteiger partial charge in [-0.05, 0) is 20.2 Å². The number of thiazole rings is 1. The van der Waals surface area contributed by atoms with Gasteiger partial charge in [0.15, 0.2) is 11.7 Å². The zero-order chi connectivity index (χ0) is 21.4. The Morgan fingerprint density at radius 3 is 2.59 bits per heavy atom. The molecule has 1 aromatic heterocycles. The van der Waals surface area contributed by atoms with E-state index in [9.17, 15) is 13.2 Å². The van der Waals surface area contributed by atoms with Gasteiger partial charge in [-0.2, -0.15) is 13.2 Å². The van der Waals surface area contributed by atoms with Gasteiger partial charge in [0.05, 0.1) is 18.2 Å². The molecule has 1 unspecified atom stereocenters. The van der Waals surface area contributed by atoms with Gasteiger partial charge < -0.3 is 20.3 Å². The highest BCUT2D eigenvalue weighted by Crippen LogP contribution is 2.30. The molecule has 1 heterocycles. The number of nitrogens with zero attached hydrogens (tertiary/aromatic N) is 3. The van der Waals surface area contributed by atoms with Crippen LogP contribution in [0, 0.1) is 0 Å². The molecule has 0 radical (unpaired) electrons. The minimum Gasteiger partial charge on any atom is -0.496 e. The van der Waals surface area contributed by atoms with Gasteiger partial charge in [0.25, 0.3) is 0 Å². The number of nitrogens with one attached hydrogen (secondary N) is 2. The largest absolute Gasteiger partial charge is 0.496 e. The van der Waals surface area contributed by atoms with E-state index >= 15 is 0 Å². The van der Waals surface area contributed by atoms with Crippen LogP contribution in [0.5, 0.6) is 5.75 Å². The number of aromatic nitrogens is 1. The zero-order valence-corrected chi connectivity index (χ0v) is 17.7. The third kappa shape index (κ3) is 6.60. The van der Waals surface area contributed by atoms with Crippen molar-refractivity contribution in [3.05, 3.63) is 45.9 Å². The highest BCUT2D eigenvalue weighted by molar-refractivity contribution is 7.09. The van der Waals surface area contributed by atoms with E-state index < -0.39 is 11.9 Å². The Kier molecular flexibility index (Phi) is 8.27. The third-order valence-corrected chi connectivity index (χ3v) is 5.19. The number of ether oxygens (including phenoxy) is 1. The van der Waals surface area contributed by atoms with Crippen molar-refractivity contribution in [2.45, 2.75) is 18.6 Å². The molecule has 0 aliphatic heterocycles.